The number of halogens is 2. The van der Waals surface area contributed by atoms with E-state index in [1.807, 2.05) is 0 Å². The molecule has 0 heterocycles. The average molecular weight is 312 g/mol. The molecule has 0 spiro atoms. The first-order valence-corrected chi connectivity index (χ1v) is 5.15. The summed E-state index contributed by atoms with van der Waals surface area (Å²) in [5.74, 6) is 0. The van der Waals surface area contributed by atoms with Gasteiger partial charge in [-0.15, -0.1) is 60.7 Å². The molecular formula is C15H13Cl2Ti-. The van der Waals surface area contributed by atoms with E-state index in [1.165, 1.54) is 21.9 Å². The van der Waals surface area contributed by atoms with Gasteiger partial charge >= 0.3 is 0 Å². The van der Waals surface area contributed by atoms with E-state index in [0.717, 1.165) is 0 Å². The van der Waals surface area contributed by atoms with Gasteiger partial charge in [0.15, 0.2) is 0 Å². The summed E-state index contributed by atoms with van der Waals surface area (Å²) < 4.78 is 0. The fourth-order valence-electron chi connectivity index (χ4n) is 2.02. The summed E-state index contributed by atoms with van der Waals surface area (Å²) in [5, 5.41) is 2.65. The van der Waals surface area contributed by atoms with Crippen LogP contribution in [0, 0.1) is 0 Å². The van der Waals surface area contributed by atoms with Gasteiger partial charge in [0.05, 0.1) is 0 Å². The maximum atomic E-state index is 2.19. The zero-order chi connectivity index (χ0) is 10.1. The largest absolute Gasteiger partial charge is 0.147 e. The van der Waals surface area contributed by atoms with Gasteiger partial charge < -0.3 is 0 Å². The van der Waals surface area contributed by atoms with E-state index in [9.17, 15) is 0 Å². The van der Waals surface area contributed by atoms with Gasteiger partial charge in [-0.25, -0.2) is 0 Å². The van der Waals surface area contributed by atoms with Crippen LogP contribution in [0.25, 0.3) is 21.9 Å². The molecule has 92 valence electrons. The molecule has 0 nitrogen and oxygen atoms in total. The summed E-state index contributed by atoms with van der Waals surface area (Å²) in [6, 6.07) is 23.4. The van der Waals surface area contributed by atoms with Crippen LogP contribution >= 0.6 is 24.8 Å². The van der Waals surface area contributed by atoms with Crippen LogP contribution < -0.4 is 0 Å². The minimum Gasteiger partial charge on any atom is -0.147 e. The summed E-state index contributed by atoms with van der Waals surface area (Å²) in [6.45, 7) is 0. The molecule has 0 radical (unpaired) electrons. The number of hydrogen-bond acceptors (Lipinski definition) is 0. The molecule has 0 amide bonds. The number of hydrogen-bond donors (Lipinski definition) is 0. The van der Waals surface area contributed by atoms with Crippen molar-refractivity contribution in [3.63, 3.8) is 0 Å². The molecule has 3 heteroatoms. The van der Waals surface area contributed by atoms with Crippen LogP contribution in [0.15, 0.2) is 66.7 Å². The molecule has 0 aliphatic heterocycles. The molecule has 0 bridgehead atoms. The molecule has 0 aliphatic carbocycles. The Hall–Kier alpha value is -0.656. The van der Waals surface area contributed by atoms with Crippen LogP contribution in [0.3, 0.4) is 0 Å². The van der Waals surface area contributed by atoms with E-state index < -0.39 is 0 Å². The summed E-state index contributed by atoms with van der Waals surface area (Å²) in [5.41, 5.74) is 2.62. The number of benzene rings is 2. The molecule has 3 aromatic carbocycles. The Balaban J connectivity index is 0.000000963. The summed E-state index contributed by atoms with van der Waals surface area (Å²) in [7, 11) is 0. The fourth-order valence-corrected chi connectivity index (χ4v) is 2.02. The second-order valence-electron chi connectivity index (χ2n) is 3.70. The van der Waals surface area contributed by atoms with Gasteiger partial charge in [0.1, 0.15) is 0 Å². The molecule has 0 unspecified atom stereocenters. The predicted octanol–water partition coefficient (Wildman–Crippen LogP) is 5.07. The van der Waals surface area contributed by atoms with E-state index in [-0.39, 0.29) is 46.5 Å². The first-order valence-electron chi connectivity index (χ1n) is 5.15. The van der Waals surface area contributed by atoms with Gasteiger partial charge in [-0.05, 0) is 0 Å². The third-order valence-electron chi connectivity index (χ3n) is 2.77. The Morgan fingerprint density at radius 2 is 1.28 bits per heavy atom. The second-order valence-corrected chi connectivity index (χ2v) is 3.70. The molecule has 3 rings (SSSR count). The Morgan fingerprint density at radius 3 is 2.00 bits per heavy atom. The average Bonchev–Trinajstić information content (AvgIpc) is 2.74. The van der Waals surface area contributed by atoms with Crippen molar-refractivity contribution < 1.29 is 21.7 Å². The van der Waals surface area contributed by atoms with Crippen LogP contribution in [0.4, 0.5) is 0 Å². The fraction of sp³-hybridized carbons (Fsp3) is 0. The minimum absolute atomic E-state index is 0. The smallest absolute Gasteiger partial charge is 0 e. The Labute approximate surface area is 134 Å². The van der Waals surface area contributed by atoms with E-state index in [1.54, 1.807) is 0 Å². The Bertz CT molecular complexity index is 588. The van der Waals surface area contributed by atoms with Gasteiger partial charge in [-0.3, -0.25) is 0 Å². The predicted molar refractivity (Wildman–Crippen MR) is 79.5 cm³/mol. The summed E-state index contributed by atoms with van der Waals surface area (Å²) in [4.78, 5) is 0. The van der Waals surface area contributed by atoms with Crippen LogP contribution in [0.5, 0.6) is 0 Å². The summed E-state index contributed by atoms with van der Waals surface area (Å²) in [6.07, 6.45) is 0. The van der Waals surface area contributed by atoms with Crippen LogP contribution in [-0.4, -0.2) is 0 Å². The van der Waals surface area contributed by atoms with Crippen LogP contribution in [0.1, 0.15) is 0 Å². The normalized spacial score (nSPS) is 8.89. The molecule has 3 aromatic rings. The zero-order valence-electron chi connectivity index (χ0n) is 9.67. The molecule has 18 heavy (non-hydrogen) atoms. The van der Waals surface area contributed by atoms with E-state index in [4.69, 9.17) is 0 Å². The molecule has 0 fully saturated rings. The molecule has 0 saturated heterocycles. The van der Waals surface area contributed by atoms with Crippen molar-refractivity contribution in [1.82, 2.24) is 0 Å². The van der Waals surface area contributed by atoms with Gasteiger partial charge in [0.25, 0.3) is 0 Å². The zero-order valence-corrected chi connectivity index (χ0v) is 12.9. The van der Waals surface area contributed by atoms with Gasteiger partial charge in [-0.1, -0.05) is 52.7 Å². The molecule has 0 atom stereocenters. The van der Waals surface area contributed by atoms with Crippen molar-refractivity contribution in [3.8, 4) is 11.1 Å². The van der Waals surface area contributed by atoms with Crippen molar-refractivity contribution in [2.24, 2.45) is 0 Å². The molecular weight excluding hydrogens is 299 g/mol. The minimum atomic E-state index is 0. The van der Waals surface area contributed by atoms with Gasteiger partial charge in [0, 0.05) is 21.7 Å². The Morgan fingerprint density at radius 1 is 0.667 bits per heavy atom. The van der Waals surface area contributed by atoms with Crippen molar-refractivity contribution in [1.29, 1.82) is 0 Å². The molecule has 0 aromatic heterocycles. The third-order valence-corrected chi connectivity index (χ3v) is 2.77. The van der Waals surface area contributed by atoms with Crippen molar-refractivity contribution in [2.75, 3.05) is 0 Å². The maximum absolute atomic E-state index is 2.19. The Kier molecular flexibility index (Phi) is 7.43. The molecule has 0 aliphatic rings. The van der Waals surface area contributed by atoms with E-state index >= 15 is 0 Å². The van der Waals surface area contributed by atoms with Crippen molar-refractivity contribution in [2.45, 2.75) is 0 Å². The quantitative estimate of drug-likeness (QED) is 0.435. The van der Waals surface area contributed by atoms with Crippen LogP contribution in [-0.2, 0) is 21.7 Å². The standard InChI is InChI=1S/C15H11.2ClH.Ti/c1-2-6-12(7-3-1)15-11-10-13-8-4-5-9-14(13)15;;;/h1-11H;2*1H;/q-1;;;. The summed E-state index contributed by atoms with van der Waals surface area (Å²) >= 11 is 0. The van der Waals surface area contributed by atoms with Gasteiger partial charge in [-0.2, -0.15) is 0 Å². The van der Waals surface area contributed by atoms with Crippen molar-refractivity contribution in [3.05, 3.63) is 66.7 Å². The number of fused-ring (bicyclic) bond motifs is 1. The second kappa shape index (κ2) is 7.71. The molecule has 0 N–H and O–H groups in total. The SMILES string of the molecule is Cl.Cl.[Ti].c1ccc(-[c-]2ccc3ccccc32)cc1. The van der Waals surface area contributed by atoms with E-state index in [0.29, 0.717) is 0 Å². The maximum Gasteiger partial charge on any atom is 0 e. The van der Waals surface area contributed by atoms with Crippen molar-refractivity contribution >= 4 is 35.6 Å². The van der Waals surface area contributed by atoms with E-state index in [2.05, 4.69) is 66.7 Å². The first-order chi connectivity index (χ1) is 7.45. The topological polar surface area (TPSA) is 0 Å². The monoisotopic (exact) mass is 311 g/mol. The first kappa shape index (κ1) is 17.3. The van der Waals surface area contributed by atoms with Crippen LogP contribution in [0.2, 0.25) is 0 Å². The number of rotatable bonds is 1. The van der Waals surface area contributed by atoms with Gasteiger partial charge in [0.2, 0.25) is 0 Å². The third kappa shape index (κ3) is 3.21. The molecule has 0 saturated carbocycles.